The lowest BCUT2D eigenvalue weighted by atomic mass is 10.0. The van der Waals surface area contributed by atoms with E-state index in [-0.39, 0.29) is 18.4 Å². The fourth-order valence-corrected chi connectivity index (χ4v) is 3.18. The van der Waals surface area contributed by atoms with E-state index >= 15 is 0 Å². The summed E-state index contributed by atoms with van der Waals surface area (Å²) in [6, 6.07) is 17.9. The maximum atomic E-state index is 12.3. The van der Waals surface area contributed by atoms with E-state index < -0.39 is 5.97 Å². The van der Waals surface area contributed by atoms with E-state index in [0.29, 0.717) is 19.5 Å². The minimum Gasteiger partial charge on any atom is -0.481 e. The van der Waals surface area contributed by atoms with Gasteiger partial charge in [0.2, 0.25) is 5.91 Å². The number of carboxylic acid groups (broad SMARTS) is 1. The Balaban J connectivity index is 1.61. The number of carbonyl (C=O) groups is 2. The van der Waals surface area contributed by atoms with Gasteiger partial charge in [-0.05, 0) is 36.6 Å². The van der Waals surface area contributed by atoms with Gasteiger partial charge in [0.05, 0.1) is 12.5 Å². The smallest absolute Gasteiger partial charge is 0.307 e. The molecule has 0 saturated carbocycles. The molecule has 0 aliphatic carbocycles. The average molecular weight is 338 g/mol. The van der Waals surface area contributed by atoms with E-state index in [1.165, 1.54) is 5.56 Å². The highest BCUT2D eigenvalue weighted by Gasteiger charge is 2.28. The third-order valence-electron chi connectivity index (χ3n) is 4.52. The molecule has 25 heavy (non-hydrogen) atoms. The first-order valence-corrected chi connectivity index (χ1v) is 8.48. The van der Waals surface area contributed by atoms with Crippen molar-refractivity contribution in [2.45, 2.75) is 12.8 Å². The number of para-hydroxylation sites is 1. The number of carbonyl (C=O) groups excluding carboxylic acids is 1. The lowest BCUT2D eigenvalue weighted by Gasteiger charge is -2.16. The lowest BCUT2D eigenvalue weighted by molar-refractivity contribution is -0.141. The molecule has 0 aromatic heterocycles. The summed E-state index contributed by atoms with van der Waals surface area (Å²) in [4.78, 5) is 25.3. The van der Waals surface area contributed by atoms with Crippen molar-refractivity contribution in [1.82, 2.24) is 4.90 Å². The molecular weight excluding hydrogens is 316 g/mol. The van der Waals surface area contributed by atoms with Crippen LogP contribution in [0.2, 0.25) is 0 Å². The highest BCUT2D eigenvalue weighted by atomic mass is 16.4. The van der Waals surface area contributed by atoms with Gasteiger partial charge in [-0.1, -0.05) is 48.5 Å². The van der Waals surface area contributed by atoms with Crippen molar-refractivity contribution < 1.29 is 14.7 Å². The third kappa shape index (κ3) is 4.67. The second-order valence-corrected chi connectivity index (χ2v) is 6.43. The SMILES string of the molecule is O=C(CN1CCC(C(=O)O)C1)Nc1ccccc1Cc1ccccc1. The number of anilines is 1. The van der Waals surface area contributed by atoms with Crippen molar-refractivity contribution in [2.24, 2.45) is 5.92 Å². The Hall–Kier alpha value is -2.66. The Kier molecular flexibility index (Phi) is 5.46. The van der Waals surface area contributed by atoms with Crippen LogP contribution in [0.3, 0.4) is 0 Å². The molecule has 1 unspecified atom stereocenters. The standard InChI is InChI=1S/C20H22N2O3/c23-19(14-22-11-10-17(13-22)20(24)25)21-18-9-5-4-8-16(18)12-15-6-2-1-3-7-15/h1-9,17H,10-14H2,(H,21,23)(H,24,25). The molecular formula is C20H22N2O3. The van der Waals surface area contributed by atoms with Crippen LogP contribution in [0.25, 0.3) is 0 Å². The molecule has 130 valence electrons. The molecule has 5 heteroatoms. The number of aliphatic carboxylic acids is 1. The van der Waals surface area contributed by atoms with Crippen LogP contribution >= 0.6 is 0 Å². The first-order chi connectivity index (χ1) is 12.1. The summed E-state index contributed by atoms with van der Waals surface area (Å²) < 4.78 is 0. The molecule has 1 saturated heterocycles. The second kappa shape index (κ2) is 7.94. The van der Waals surface area contributed by atoms with Crippen LogP contribution < -0.4 is 5.32 Å². The zero-order valence-electron chi connectivity index (χ0n) is 14.0. The summed E-state index contributed by atoms with van der Waals surface area (Å²) in [6.07, 6.45) is 1.36. The predicted molar refractivity (Wildman–Crippen MR) is 96.5 cm³/mol. The van der Waals surface area contributed by atoms with Gasteiger partial charge in [0.25, 0.3) is 0 Å². The largest absolute Gasteiger partial charge is 0.481 e. The van der Waals surface area contributed by atoms with Gasteiger partial charge < -0.3 is 10.4 Å². The van der Waals surface area contributed by atoms with Crippen LogP contribution in [-0.2, 0) is 16.0 Å². The lowest BCUT2D eigenvalue weighted by Crippen LogP contribution is -2.32. The number of hydrogen-bond donors (Lipinski definition) is 2. The molecule has 0 spiro atoms. The summed E-state index contributed by atoms with van der Waals surface area (Å²) in [7, 11) is 0. The second-order valence-electron chi connectivity index (χ2n) is 6.43. The number of benzene rings is 2. The van der Waals surface area contributed by atoms with E-state index in [0.717, 1.165) is 17.7 Å². The van der Waals surface area contributed by atoms with E-state index in [1.807, 2.05) is 47.4 Å². The predicted octanol–water partition coefficient (Wildman–Crippen LogP) is 2.62. The Morgan fingerprint density at radius 1 is 1.08 bits per heavy atom. The van der Waals surface area contributed by atoms with Crippen molar-refractivity contribution in [3.63, 3.8) is 0 Å². The van der Waals surface area contributed by atoms with Crippen molar-refractivity contribution in [3.8, 4) is 0 Å². The quantitative estimate of drug-likeness (QED) is 0.849. The van der Waals surface area contributed by atoms with E-state index in [4.69, 9.17) is 5.11 Å². The molecule has 1 atom stereocenters. The number of nitrogens with zero attached hydrogens (tertiary/aromatic N) is 1. The Morgan fingerprint density at radius 2 is 1.80 bits per heavy atom. The van der Waals surface area contributed by atoms with Crippen molar-refractivity contribution in [1.29, 1.82) is 0 Å². The molecule has 0 bridgehead atoms. The summed E-state index contributed by atoms with van der Waals surface area (Å²) in [6.45, 7) is 1.31. The number of amides is 1. The Labute approximate surface area is 147 Å². The van der Waals surface area contributed by atoms with Crippen molar-refractivity contribution in [3.05, 3.63) is 65.7 Å². The number of likely N-dealkylation sites (tertiary alicyclic amines) is 1. The Bertz CT molecular complexity index is 746. The minimum absolute atomic E-state index is 0.105. The van der Waals surface area contributed by atoms with E-state index in [9.17, 15) is 9.59 Å². The van der Waals surface area contributed by atoms with Crippen LogP contribution in [0.1, 0.15) is 17.5 Å². The molecule has 1 heterocycles. The minimum atomic E-state index is -0.781. The highest BCUT2D eigenvalue weighted by molar-refractivity contribution is 5.93. The fraction of sp³-hybridized carbons (Fsp3) is 0.300. The van der Waals surface area contributed by atoms with Gasteiger partial charge in [-0.3, -0.25) is 14.5 Å². The molecule has 1 aliphatic rings. The molecule has 1 amide bonds. The third-order valence-corrected chi connectivity index (χ3v) is 4.52. The first-order valence-electron chi connectivity index (χ1n) is 8.48. The first kappa shape index (κ1) is 17.2. The van der Waals surface area contributed by atoms with Crippen LogP contribution in [-0.4, -0.2) is 41.5 Å². The van der Waals surface area contributed by atoms with Gasteiger partial charge in [0, 0.05) is 12.2 Å². The molecule has 1 fully saturated rings. The van der Waals surface area contributed by atoms with E-state index in [1.54, 1.807) is 0 Å². The molecule has 0 radical (unpaired) electrons. The van der Waals surface area contributed by atoms with Gasteiger partial charge in [-0.2, -0.15) is 0 Å². The summed E-state index contributed by atoms with van der Waals surface area (Å²) in [5, 5.41) is 12.0. The fourth-order valence-electron chi connectivity index (χ4n) is 3.18. The monoisotopic (exact) mass is 338 g/mol. The normalized spacial score (nSPS) is 17.4. The molecule has 2 aromatic rings. The maximum Gasteiger partial charge on any atom is 0.307 e. The topological polar surface area (TPSA) is 69.6 Å². The van der Waals surface area contributed by atoms with Gasteiger partial charge >= 0.3 is 5.97 Å². The summed E-state index contributed by atoms with van der Waals surface area (Å²) in [5.74, 6) is -1.25. The summed E-state index contributed by atoms with van der Waals surface area (Å²) in [5.41, 5.74) is 3.06. The molecule has 5 nitrogen and oxygen atoms in total. The molecule has 1 aliphatic heterocycles. The number of carboxylic acids is 1. The maximum absolute atomic E-state index is 12.3. The Morgan fingerprint density at radius 3 is 2.52 bits per heavy atom. The van der Waals surface area contributed by atoms with Crippen LogP contribution in [0.5, 0.6) is 0 Å². The zero-order chi connectivity index (χ0) is 17.6. The van der Waals surface area contributed by atoms with Crippen molar-refractivity contribution >= 4 is 17.6 Å². The van der Waals surface area contributed by atoms with Gasteiger partial charge in [0.1, 0.15) is 0 Å². The highest BCUT2D eigenvalue weighted by Crippen LogP contribution is 2.20. The van der Waals surface area contributed by atoms with Crippen LogP contribution in [0, 0.1) is 5.92 Å². The number of nitrogens with one attached hydrogen (secondary N) is 1. The van der Waals surface area contributed by atoms with Gasteiger partial charge in [-0.25, -0.2) is 0 Å². The van der Waals surface area contributed by atoms with E-state index in [2.05, 4.69) is 17.4 Å². The van der Waals surface area contributed by atoms with Crippen molar-refractivity contribution in [2.75, 3.05) is 25.0 Å². The molecule has 2 aromatic carbocycles. The van der Waals surface area contributed by atoms with Crippen LogP contribution in [0.15, 0.2) is 54.6 Å². The number of rotatable bonds is 6. The van der Waals surface area contributed by atoms with Gasteiger partial charge in [-0.15, -0.1) is 0 Å². The zero-order valence-corrected chi connectivity index (χ0v) is 14.0. The number of hydrogen-bond acceptors (Lipinski definition) is 3. The van der Waals surface area contributed by atoms with Gasteiger partial charge in [0.15, 0.2) is 0 Å². The average Bonchev–Trinajstić information content (AvgIpc) is 3.06. The van der Waals surface area contributed by atoms with Crippen LogP contribution in [0.4, 0.5) is 5.69 Å². The molecule has 3 rings (SSSR count). The summed E-state index contributed by atoms with van der Waals surface area (Å²) >= 11 is 0. The molecule has 2 N–H and O–H groups in total.